The highest BCUT2D eigenvalue weighted by Crippen LogP contribution is 2.22. The Kier molecular flexibility index (Phi) is 16.9. The first-order chi connectivity index (χ1) is 18.2. The highest BCUT2D eigenvalue weighted by Gasteiger charge is 2.22. The fraction of sp³-hybridized carbons (Fsp3) is 0.760. The number of hydrogen-bond acceptors (Lipinski definition) is 10. The summed E-state index contributed by atoms with van der Waals surface area (Å²) >= 11 is 0. The molecule has 0 saturated carbocycles. The Bertz CT molecular complexity index is 790. The van der Waals surface area contributed by atoms with Crippen molar-refractivity contribution >= 4 is 18.5 Å². The van der Waals surface area contributed by atoms with Gasteiger partial charge in [0.15, 0.2) is 0 Å². The molecule has 0 aliphatic carbocycles. The highest BCUT2D eigenvalue weighted by atomic mass is 16.6. The second-order valence-electron chi connectivity index (χ2n) is 9.37. The summed E-state index contributed by atoms with van der Waals surface area (Å²) in [6.07, 6.45) is 4.89. The summed E-state index contributed by atoms with van der Waals surface area (Å²) in [4.78, 5) is 34.0. The molecule has 13 heteroatoms. The largest absolute Gasteiger partial charge is 0.483 e. The van der Waals surface area contributed by atoms with Crippen LogP contribution in [0.4, 0.5) is 4.79 Å². The number of piperidine rings is 1. The molecule has 1 aromatic heterocycles. The van der Waals surface area contributed by atoms with Crippen LogP contribution in [0, 0.1) is 0 Å². The predicted molar refractivity (Wildman–Crippen MR) is 138 cm³/mol. The lowest BCUT2D eigenvalue weighted by molar-refractivity contribution is -0.122. The van der Waals surface area contributed by atoms with Crippen molar-refractivity contribution in [2.45, 2.75) is 52.2 Å². The number of rotatable bonds is 15. The van der Waals surface area contributed by atoms with Crippen LogP contribution in [-0.4, -0.2) is 116 Å². The van der Waals surface area contributed by atoms with E-state index in [1.807, 2.05) is 25.5 Å². The zero-order valence-electron chi connectivity index (χ0n) is 23.1. The van der Waals surface area contributed by atoms with Crippen LogP contribution in [0.2, 0.25) is 0 Å². The van der Waals surface area contributed by atoms with Crippen LogP contribution >= 0.6 is 0 Å². The average Bonchev–Trinajstić information content (AvgIpc) is 3.35. The van der Waals surface area contributed by atoms with E-state index < -0.39 is 11.7 Å². The highest BCUT2D eigenvalue weighted by molar-refractivity contribution is 5.88. The predicted octanol–water partition coefficient (Wildman–Crippen LogP) is 1.97. The molecule has 0 atom stereocenters. The molecule has 1 aliphatic rings. The molecule has 0 radical (unpaired) electrons. The van der Waals surface area contributed by atoms with Gasteiger partial charge in [0.25, 0.3) is 6.47 Å². The molecule has 38 heavy (non-hydrogen) atoms. The second kappa shape index (κ2) is 19.3. The molecule has 0 spiro atoms. The van der Waals surface area contributed by atoms with Crippen LogP contribution in [0.3, 0.4) is 0 Å². The van der Waals surface area contributed by atoms with Gasteiger partial charge in [-0.3, -0.25) is 9.48 Å². The fourth-order valence-electron chi connectivity index (χ4n) is 3.54. The van der Waals surface area contributed by atoms with E-state index in [1.54, 1.807) is 19.3 Å². The molecule has 1 fully saturated rings. The SMILES string of the molecule is CCOC(=O)c1cnn(C2CCN(CCOCCOCCOCCNC(=O)OC(C)(C)C)CC2)c1.O=CO. The first kappa shape index (κ1) is 33.3. The van der Waals surface area contributed by atoms with Gasteiger partial charge in [-0.1, -0.05) is 0 Å². The van der Waals surface area contributed by atoms with E-state index in [1.165, 1.54) is 0 Å². The molecule has 218 valence electrons. The Hall–Kier alpha value is -2.74. The molecule has 1 saturated heterocycles. The maximum atomic E-state index is 11.8. The molecule has 2 heterocycles. The molecule has 0 unspecified atom stereocenters. The molecular formula is C25H44N4O9. The van der Waals surface area contributed by atoms with Crippen LogP contribution in [0.1, 0.15) is 56.9 Å². The number of carboxylic acid groups (broad SMARTS) is 1. The number of carbonyl (C=O) groups is 3. The van der Waals surface area contributed by atoms with Gasteiger partial charge in [0.2, 0.25) is 0 Å². The normalized spacial score (nSPS) is 14.3. The monoisotopic (exact) mass is 544 g/mol. The van der Waals surface area contributed by atoms with Crippen LogP contribution < -0.4 is 5.32 Å². The summed E-state index contributed by atoms with van der Waals surface area (Å²) in [5, 5.41) is 13.9. The maximum Gasteiger partial charge on any atom is 0.407 e. The second-order valence-corrected chi connectivity index (χ2v) is 9.37. The minimum Gasteiger partial charge on any atom is -0.483 e. The van der Waals surface area contributed by atoms with Crippen molar-refractivity contribution in [1.29, 1.82) is 0 Å². The lowest BCUT2D eigenvalue weighted by atomic mass is 10.1. The summed E-state index contributed by atoms with van der Waals surface area (Å²) in [5.74, 6) is -0.322. The van der Waals surface area contributed by atoms with Gasteiger partial charge in [0.05, 0.1) is 64.1 Å². The number of aromatic nitrogens is 2. The zero-order chi connectivity index (χ0) is 28.2. The van der Waals surface area contributed by atoms with E-state index in [0.717, 1.165) is 32.5 Å². The van der Waals surface area contributed by atoms with Gasteiger partial charge in [-0.15, -0.1) is 0 Å². The first-order valence-corrected chi connectivity index (χ1v) is 12.9. The van der Waals surface area contributed by atoms with Gasteiger partial charge in [0, 0.05) is 32.4 Å². The minimum atomic E-state index is -0.503. The van der Waals surface area contributed by atoms with Crippen LogP contribution in [-0.2, 0) is 28.5 Å². The van der Waals surface area contributed by atoms with Crippen molar-refractivity contribution in [3.05, 3.63) is 18.0 Å². The number of esters is 1. The molecule has 0 bridgehead atoms. The third kappa shape index (κ3) is 15.5. The number of hydrogen-bond donors (Lipinski definition) is 2. The Balaban J connectivity index is 0.00000229. The van der Waals surface area contributed by atoms with Crippen molar-refractivity contribution < 1.29 is 43.2 Å². The minimum absolute atomic E-state index is 0.250. The van der Waals surface area contributed by atoms with Crippen molar-refractivity contribution in [1.82, 2.24) is 20.0 Å². The Morgan fingerprint density at radius 1 is 1.08 bits per heavy atom. The van der Waals surface area contributed by atoms with Gasteiger partial charge < -0.3 is 39.0 Å². The number of likely N-dealkylation sites (tertiary alicyclic amines) is 1. The third-order valence-corrected chi connectivity index (χ3v) is 5.25. The van der Waals surface area contributed by atoms with Crippen molar-refractivity contribution in [3.8, 4) is 0 Å². The van der Waals surface area contributed by atoms with Gasteiger partial charge >= 0.3 is 12.1 Å². The molecule has 2 rings (SSSR count). The molecule has 0 aromatic carbocycles. The molecule has 1 aliphatic heterocycles. The third-order valence-electron chi connectivity index (χ3n) is 5.25. The van der Waals surface area contributed by atoms with E-state index in [9.17, 15) is 9.59 Å². The van der Waals surface area contributed by atoms with Gasteiger partial charge in [-0.25, -0.2) is 9.59 Å². The maximum absolute atomic E-state index is 11.8. The lowest BCUT2D eigenvalue weighted by Crippen LogP contribution is -2.37. The summed E-state index contributed by atoms with van der Waals surface area (Å²) in [7, 11) is 0. The smallest absolute Gasteiger partial charge is 0.407 e. The van der Waals surface area contributed by atoms with Crippen molar-refractivity contribution in [3.63, 3.8) is 0 Å². The molecule has 1 amide bonds. The van der Waals surface area contributed by atoms with Crippen LogP contribution in [0.25, 0.3) is 0 Å². The molecule has 1 aromatic rings. The topological polar surface area (TPSA) is 151 Å². The van der Waals surface area contributed by atoms with E-state index in [2.05, 4.69) is 15.3 Å². The number of amides is 1. The Morgan fingerprint density at radius 3 is 2.24 bits per heavy atom. The number of nitrogens with one attached hydrogen (secondary N) is 1. The van der Waals surface area contributed by atoms with E-state index in [0.29, 0.717) is 64.4 Å². The number of carbonyl (C=O) groups excluding carboxylic acids is 2. The van der Waals surface area contributed by atoms with Crippen molar-refractivity contribution in [2.24, 2.45) is 0 Å². The van der Waals surface area contributed by atoms with Gasteiger partial charge in [-0.2, -0.15) is 5.10 Å². The number of alkyl carbamates (subject to hydrolysis) is 1. The zero-order valence-corrected chi connectivity index (χ0v) is 23.1. The van der Waals surface area contributed by atoms with Crippen molar-refractivity contribution in [2.75, 3.05) is 72.4 Å². The molecular weight excluding hydrogens is 500 g/mol. The summed E-state index contributed by atoms with van der Waals surface area (Å²) in [5.41, 5.74) is 0.00294. The van der Waals surface area contributed by atoms with E-state index in [-0.39, 0.29) is 12.4 Å². The van der Waals surface area contributed by atoms with E-state index in [4.69, 9.17) is 33.6 Å². The Morgan fingerprint density at radius 2 is 1.66 bits per heavy atom. The molecule has 13 nitrogen and oxygen atoms in total. The Labute approximate surface area is 224 Å². The van der Waals surface area contributed by atoms with Gasteiger partial charge in [-0.05, 0) is 40.5 Å². The number of nitrogens with zero attached hydrogens (tertiary/aromatic N) is 3. The number of ether oxygens (including phenoxy) is 5. The average molecular weight is 545 g/mol. The summed E-state index contributed by atoms with van der Waals surface area (Å²) in [6, 6.07) is 0.305. The van der Waals surface area contributed by atoms with Crippen LogP contribution in [0.5, 0.6) is 0 Å². The van der Waals surface area contributed by atoms with E-state index >= 15 is 0 Å². The van der Waals surface area contributed by atoms with Gasteiger partial charge in [0.1, 0.15) is 5.60 Å². The first-order valence-electron chi connectivity index (χ1n) is 12.9. The summed E-state index contributed by atoms with van der Waals surface area (Å²) in [6.45, 7) is 13.7. The summed E-state index contributed by atoms with van der Waals surface area (Å²) < 4.78 is 28.6. The fourth-order valence-corrected chi connectivity index (χ4v) is 3.54. The lowest BCUT2D eigenvalue weighted by Gasteiger charge is -2.31. The quantitative estimate of drug-likeness (QED) is 0.189. The standard InChI is InChI=1S/C24H42N4O7.CH2O2/c1-5-34-22(29)20-18-26-28(19-20)21-6-9-27(10-7-21)11-13-32-15-17-33-16-14-31-12-8-25-23(30)35-24(2,3)4;2-1-3/h18-19,21H,5-17H2,1-4H3,(H,25,30);1H,(H,2,3). The van der Waals surface area contributed by atoms with Crippen LogP contribution in [0.15, 0.2) is 12.4 Å². The molecule has 2 N–H and O–H groups in total.